The Morgan fingerprint density at radius 2 is 1.93 bits per heavy atom. The minimum absolute atomic E-state index is 0.161. The summed E-state index contributed by atoms with van der Waals surface area (Å²) in [5.74, 6) is 0.717. The number of aromatic nitrogens is 6. The Balaban J connectivity index is 1.30. The number of rotatable bonds is 7. The molecule has 3 aromatic rings. The third-order valence-electron chi connectivity index (χ3n) is 4.80. The van der Waals surface area contributed by atoms with E-state index in [-0.39, 0.29) is 18.1 Å². The van der Waals surface area contributed by atoms with Crippen LogP contribution in [0.2, 0.25) is 0 Å². The molecule has 2 heterocycles. The number of nitrogens with zero attached hydrogens (tertiary/aromatic N) is 6. The lowest BCUT2D eigenvalue weighted by Gasteiger charge is -2.22. The SMILES string of the molecule is CC(C)(C)n1nc(C(=O)OCCCn2nnc(-c3ccccc3)n2)cc1C1CC1. The molecule has 2 aromatic heterocycles. The summed E-state index contributed by atoms with van der Waals surface area (Å²) in [6.07, 6.45) is 2.92. The highest BCUT2D eigenvalue weighted by molar-refractivity contribution is 5.87. The first kappa shape index (κ1) is 19.3. The van der Waals surface area contributed by atoms with Gasteiger partial charge in [-0.3, -0.25) is 4.68 Å². The summed E-state index contributed by atoms with van der Waals surface area (Å²) in [5, 5.41) is 17.0. The molecule has 0 spiro atoms. The molecule has 8 nitrogen and oxygen atoms in total. The van der Waals surface area contributed by atoms with E-state index in [4.69, 9.17) is 4.74 Å². The Labute approximate surface area is 169 Å². The van der Waals surface area contributed by atoms with Gasteiger partial charge < -0.3 is 4.74 Å². The lowest BCUT2D eigenvalue weighted by Crippen LogP contribution is -2.25. The van der Waals surface area contributed by atoms with E-state index < -0.39 is 0 Å². The van der Waals surface area contributed by atoms with Gasteiger partial charge in [-0.1, -0.05) is 30.3 Å². The van der Waals surface area contributed by atoms with Crippen LogP contribution < -0.4 is 0 Å². The highest BCUT2D eigenvalue weighted by atomic mass is 16.5. The molecule has 4 rings (SSSR count). The zero-order chi connectivity index (χ0) is 20.4. The van der Waals surface area contributed by atoms with Crippen LogP contribution in [0.4, 0.5) is 0 Å². The lowest BCUT2D eigenvalue weighted by molar-refractivity contribution is 0.0484. The number of hydrogen-bond donors (Lipinski definition) is 0. The van der Waals surface area contributed by atoms with E-state index in [0.717, 1.165) is 24.1 Å². The van der Waals surface area contributed by atoms with Crippen LogP contribution in [0.25, 0.3) is 11.4 Å². The number of aryl methyl sites for hydroxylation is 1. The third-order valence-corrected chi connectivity index (χ3v) is 4.80. The second-order valence-electron chi connectivity index (χ2n) is 8.38. The van der Waals surface area contributed by atoms with Crippen LogP contribution in [0.1, 0.15) is 62.1 Å². The van der Waals surface area contributed by atoms with Crippen LogP contribution in [0.15, 0.2) is 36.4 Å². The monoisotopic (exact) mass is 394 g/mol. The first-order valence-corrected chi connectivity index (χ1v) is 10.0. The average Bonchev–Trinajstić information content (AvgIpc) is 3.26. The van der Waals surface area contributed by atoms with E-state index in [1.165, 1.54) is 4.80 Å². The predicted octanol–water partition coefficient (Wildman–Crippen LogP) is 3.42. The molecule has 0 atom stereocenters. The van der Waals surface area contributed by atoms with Gasteiger partial charge in [-0.25, -0.2) is 4.79 Å². The highest BCUT2D eigenvalue weighted by Crippen LogP contribution is 2.41. The maximum absolute atomic E-state index is 12.4. The van der Waals surface area contributed by atoms with Crippen molar-refractivity contribution in [3.63, 3.8) is 0 Å². The third kappa shape index (κ3) is 4.52. The maximum Gasteiger partial charge on any atom is 0.358 e. The number of hydrogen-bond acceptors (Lipinski definition) is 6. The summed E-state index contributed by atoms with van der Waals surface area (Å²) in [6.45, 7) is 7.08. The Morgan fingerprint density at radius 3 is 2.62 bits per heavy atom. The number of ether oxygens (including phenoxy) is 1. The van der Waals surface area contributed by atoms with Crippen molar-refractivity contribution in [2.75, 3.05) is 6.61 Å². The fourth-order valence-corrected chi connectivity index (χ4v) is 3.19. The molecule has 1 aromatic carbocycles. The number of esters is 1. The Morgan fingerprint density at radius 1 is 1.17 bits per heavy atom. The van der Waals surface area contributed by atoms with Crippen molar-refractivity contribution in [1.29, 1.82) is 0 Å². The lowest BCUT2D eigenvalue weighted by atomic mass is 10.1. The van der Waals surface area contributed by atoms with Crippen molar-refractivity contribution < 1.29 is 9.53 Å². The molecule has 152 valence electrons. The first-order valence-electron chi connectivity index (χ1n) is 10.0. The fourth-order valence-electron chi connectivity index (χ4n) is 3.19. The van der Waals surface area contributed by atoms with Gasteiger partial charge in [-0.05, 0) is 44.9 Å². The molecule has 8 heteroatoms. The van der Waals surface area contributed by atoms with E-state index in [2.05, 4.69) is 41.3 Å². The van der Waals surface area contributed by atoms with Gasteiger partial charge in [-0.15, -0.1) is 10.2 Å². The largest absolute Gasteiger partial charge is 0.461 e. The van der Waals surface area contributed by atoms with Gasteiger partial charge in [-0.2, -0.15) is 9.90 Å². The van der Waals surface area contributed by atoms with Crippen LogP contribution in [-0.4, -0.2) is 42.6 Å². The van der Waals surface area contributed by atoms with Gasteiger partial charge in [0, 0.05) is 23.6 Å². The zero-order valence-corrected chi connectivity index (χ0v) is 17.1. The van der Waals surface area contributed by atoms with Crippen LogP contribution in [-0.2, 0) is 16.8 Å². The van der Waals surface area contributed by atoms with Gasteiger partial charge in [0.2, 0.25) is 5.82 Å². The molecular weight excluding hydrogens is 368 g/mol. The number of benzene rings is 1. The van der Waals surface area contributed by atoms with Gasteiger partial charge in [0.25, 0.3) is 0 Å². The van der Waals surface area contributed by atoms with Crippen molar-refractivity contribution >= 4 is 5.97 Å². The van der Waals surface area contributed by atoms with E-state index >= 15 is 0 Å². The van der Waals surface area contributed by atoms with Crippen molar-refractivity contribution in [3.8, 4) is 11.4 Å². The number of carbonyl (C=O) groups is 1. The number of carbonyl (C=O) groups excluding carboxylic acids is 1. The fraction of sp³-hybridized carbons (Fsp3) is 0.476. The molecule has 0 radical (unpaired) electrons. The molecule has 1 aliphatic carbocycles. The Bertz CT molecular complexity index is 982. The Hall–Kier alpha value is -3.03. The quantitative estimate of drug-likeness (QED) is 0.451. The zero-order valence-electron chi connectivity index (χ0n) is 17.1. The van der Waals surface area contributed by atoms with Crippen LogP contribution in [0.5, 0.6) is 0 Å². The van der Waals surface area contributed by atoms with E-state index in [9.17, 15) is 4.79 Å². The molecular formula is C21H26N6O2. The smallest absolute Gasteiger partial charge is 0.358 e. The molecule has 1 aliphatic rings. The summed E-state index contributed by atoms with van der Waals surface area (Å²) in [7, 11) is 0. The summed E-state index contributed by atoms with van der Waals surface area (Å²) < 4.78 is 7.38. The molecule has 0 bridgehead atoms. The molecule has 0 saturated heterocycles. The molecule has 0 aliphatic heterocycles. The van der Waals surface area contributed by atoms with Crippen molar-refractivity contribution in [3.05, 3.63) is 47.8 Å². The van der Waals surface area contributed by atoms with Gasteiger partial charge in [0.05, 0.1) is 18.7 Å². The van der Waals surface area contributed by atoms with Crippen LogP contribution in [0, 0.1) is 0 Å². The summed E-state index contributed by atoms with van der Waals surface area (Å²) >= 11 is 0. The standard InChI is InChI=1S/C21H26N6O2/c1-21(2,3)27-18(15-10-11-15)14-17(23-27)20(28)29-13-7-12-26-24-19(22-25-26)16-8-5-4-6-9-16/h4-6,8-9,14-15H,7,10-13H2,1-3H3. The topological polar surface area (TPSA) is 87.7 Å². The number of tetrazole rings is 1. The second kappa shape index (κ2) is 7.77. The van der Waals surface area contributed by atoms with E-state index in [1.807, 2.05) is 41.1 Å². The highest BCUT2D eigenvalue weighted by Gasteiger charge is 2.32. The average molecular weight is 394 g/mol. The summed E-state index contributed by atoms with van der Waals surface area (Å²) in [5.41, 5.74) is 2.27. The van der Waals surface area contributed by atoms with Gasteiger partial charge in [0.1, 0.15) is 0 Å². The first-order chi connectivity index (χ1) is 13.9. The molecule has 29 heavy (non-hydrogen) atoms. The van der Waals surface area contributed by atoms with Crippen molar-refractivity contribution in [2.24, 2.45) is 0 Å². The van der Waals surface area contributed by atoms with Crippen molar-refractivity contribution in [2.45, 2.75) is 58.0 Å². The van der Waals surface area contributed by atoms with E-state index in [1.54, 1.807) is 0 Å². The van der Waals surface area contributed by atoms with Crippen LogP contribution >= 0.6 is 0 Å². The summed E-state index contributed by atoms with van der Waals surface area (Å²) in [6, 6.07) is 11.6. The van der Waals surface area contributed by atoms with E-state index in [0.29, 0.717) is 30.4 Å². The second-order valence-corrected chi connectivity index (χ2v) is 8.38. The van der Waals surface area contributed by atoms with Gasteiger partial charge >= 0.3 is 5.97 Å². The van der Waals surface area contributed by atoms with Crippen molar-refractivity contribution in [1.82, 2.24) is 30.0 Å². The molecule has 0 unspecified atom stereocenters. The Kier molecular flexibility index (Phi) is 5.17. The molecule has 0 N–H and O–H groups in total. The normalized spacial score (nSPS) is 14.2. The molecule has 0 amide bonds. The van der Waals surface area contributed by atoms with Crippen LogP contribution in [0.3, 0.4) is 0 Å². The summed E-state index contributed by atoms with van der Waals surface area (Å²) in [4.78, 5) is 14.0. The minimum atomic E-state index is -0.383. The maximum atomic E-state index is 12.4. The molecule has 1 saturated carbocycles. The molecule has 1 fully saturated rings. The van der Waals surface area contributed by atoms with Gasteiger partial charge in [0.15, 0.2) is 5.69 Å². The minimum Gasteiger partial charge on any atom is -0.461 e. The predicted molar refractivity (Wildman–Crippen MR) is 107 cm³/mol.